The summed E-state index contributed by atoms with van der Waals surface area (Å²) < 4.78 is 39.3. The number of hydrogen-bond acceptors (Lipinski definition) is 6. The largest absolute Gasteiger partial charge is 0.467 e. The van der Waals surface area contributed by atoms with Gasteiger partial charge in [-0.2, -0.15) is 0 Å². The maximum Gasteiger partial charge on any atom is 0.342 e. The number of nitrogens with one attached hydrogen (secondary N) is 1. The predicted octanol–water partition coefficient (Wildman–Crippen LogP) is 3.14. The minimum absolute atomic E-state index is 0.0483. The number of ether oxygens (including phenoxy) is 1. The van der Waals surface area contributed by atoms with E-state index in [1.54, 1.807) is 24.3 Å². The van der Waals surface area contributed by atoms with Gasteiger partial charge in [-0.05, 0) is 49.7 Å². The average Bonchev–Trinajstić information content (AvgIpc) is 2.67. The van der Waals surface area contributed by atoms with Crippen molar-refractivity contribution in [2.75, 3.05) is 13.7 Å². The molecule has 0 radical (unpaired) electrons. The summed E-state index contributed by atoms with van der Waals surface area (Å²) in [6.07, 6.45) is 3.03. The van der Waals surface area contributed by atoms with E-state index in [4.69, 9.17) is 9.16 Å². The molecule has 1 aromatic carbocycles. The topological polar surface area (TPSA) is 102 Å². The second-order valence-electron chi connectivity index (χ2n) is 9.72. The molecule has 3 atom stereocenters. The minimum Gasteiger partial charge on any atom is -0.467 e. The van der Waals surface area contributed by atoms with E-state index in [0.717, 1.165) is 5.56 Å². The fourth-order valence-corrected chi connectivity index (χ4v) is 5.41. The fourth-order valence-electron chi connectivity index (χ4n) is 3.15. The molecular formula is C22H35NO6SSi. The summed E-state index contributed by atoms with van der Waals surface area (Å²) in [4.78, 5) is 12.5. The van der Waals surface area contributed by atoms with Gasteiger partial charge in [0.1, 0.15) is 0 Å². The van der Waals surface area contributed by atoms with Crippen LogP contribution in [0.15, 0.2) is 41.3 Å². The molecule has 0 bridgehead atoms. The Kier molecular flexibility index (Phi) is 7.59. The summed E-state index contributed by atoms with van der Waals surface area (Å²) >= 11 is 0. The quantitative estimate of drug-likeness (QED) is 0.361. The van der Waals surface area contributed by atoms with Gasteiger partial charge in [0, 0.05) is 18.6 Å². The van der Waals surface area contributed by atoms with Crippen LogP contribution in [0.4, 0.5) is 0 Å². The Balaban J connectivity index is 2.26. The number of esters is 1. The maximum atomic E-state index is 12.8. The number of carbonyl (C=O) groups excluding carboxylic acids is 1. The van der Waals surface area contributed by atoms with Gasteiger partial charge in [0.2, 0.25) is 10.0 Å². The molecule has 9 heteroatoms. The Hall–Kier alpha value is -1.52. The van der Waals surface area contributed by atoms with Crippen LogP contribution in [-0.4, -0.2) is 53.2 Å². The van der Waals surface area contributed by atoms with Gasteiger partial charge in [0.25, 0.3) is 0 Å². The van der Waals surface area contributed by atoms with Gasteiger partial charge in [-0.25, -0.2) is 17.9 Å². The van der Waals surface area contributed by atoms with Crippen molar-refractivity contribution in [3.63, 3.8) is 0 Å². The first kappa shape index (κ1) is 25.7. The molecule has 2 N–H and O–H groups in total. The van der Waals surface area contributed by atoms with E-state index in [1.165, 1.54) is 19.3 Å². The Morgan fingerprint density at radius 2 is 1.84 bits per heavy atom. The van der Waals surface area contributed by atoms with E-state index in [2.05, 4.69) is 38.6 Å². The normalized spacial score (nSPS) is 24.8. The lowest BCUT2D eigenvalue weighted by molar-refractivity contribution is -0.164. The number of aryl methyl sites for hydroxylation is 1. The van der Waals surface area contributed by atoms with Gasteiger partial charge >= 0.3 is 5.97 Å². The number of rotatable bonds is 7. The van der Waals surface area contributed by atoms with E-state index in [-0.39, 0.29) is 23.0 Å². The van der Waals surface area contributed by atoms with Gasteiger partial charge in [0.05, 0.1) is 12.0 Å². The molecule has 0 unspecified atom stereocenters. The van der Waals surface area contributed by atoms with Crippen molar-refractivity contribution < 1.29 is 27.5 Å². The van der Waals surface area contributed by atoms with Crippen molar-refractivity contribution in [2.45, 2.75) is 68.8 Å². The van der Waals surface area contributed by atoms with Gasteiger partial charge in [-0.1, -0.05) is 44.5 Å². The monoisotopic (exact) mass is 469 g/mol. The van der Waals surface area contributed by atoms with Gasteiger partial charge < -0.3 is 14.3 Å². The smallest absolute Gasteiger partial charge is 0.342 e. The van der Waals surface area contributed by atoms with Crippen LogP contribution < -0.4 is 4.72 Å². The zero-order valence-electron chi connectivity index (χ0n) is 19.4. The Labute approximate surface area is 187 Å². The van der Waals surface area contributed by atoms with Crippen LogP contribution in [-0.2, 0) is 24.0 Å². The van der Waals surface area contributed by atoms with Crippen LogP contribution in [0.5, 0.6) is 0 Å². The molecule has 1 aliphatic carbocycles. The third-order valence-corrected chi connectivity index (χ3v) is 12.4. The molecule has 174 valence electrons. The molecule has 1 aromatic rings. The molecular weight excluding hydrogens is 434 g/mol. The Morgan fingerprint density at radius 1 is 1.26 bits per heavy atom. The van der Waals surface area contributed by atoms with E-state index in [1.807, 2.05) is 6.92 Å². The average molecular weight is 470 g/mol. The van der Waals surface area contributed by atoms with E-state index in [0.29, 0.717) is 0 Å². The number of sulfonamides is 1. The second-order valence-corrected chi connectivity index (χ2v) is 16.2. The molecule has 0 saturated heterocycles. The van der Waals surface area contributed by atoms with Gasteiger partial charge in [-0.3, -0.25) is 0 Å². The predicted molar refractivity (Wildman–Crippen MR) is 123 cm³/mol. The number of hydrogen-bond donors (Lipinski definition) is 2. The van der Waals surface area contributed by atoms with Gasteiger partial charge in [-0.15, -0.1) is 0 Å². The van der Waals surface area contributed by atoms with Crippen LogP contribution >= 0.6 is 0 Å². The lowest BCUT2D eigenvalue weighted by Gasteiger charge is -2.41. The molecule has 7 nitrogen and oxygen atoms in total. The van der Waals surface area contributed by atoms with E-state index < -0.39 is 41.9 Å². The lowest BCUT2D eigenvalue weighted by Crippen LogP contribution is -2.54. The molecule has 0 fully saturated rings. The van der Waals surface area contributed by atoms with Crippen molar-refractivity contribution in [3.8, 4) is 0 Å². The van der Waals surface area contributed by atoms with Gasteiger partial charge in [0.15, 0.2) is 13.9 Å². The first-order valence-corrected chi connectivity index (χ1v) is 14.7. The molecule has 0 saturated carbocycles. The highest BCUT2D eigenvalue weighted by molar-refractivity contribution is 7.89. The molecule has 0 aliphatic heterocycles. The van der Waals surface area contributed by atoms with Crippen molar-refractivity contribution in [2.24, 2.45) is 5.92 Å². The minimum atomic E-state index is -3.76. The highest BCUT2D eigenvalue weighted by Crippen LogP contribution is 2.39. The molecule has 0 spiro atoms. The molecule has 2 rings (SSSR count). The Bertz CT molecular complexity index is 920. The van der Waals surface area contributed by atoms with E-state index >= 15 is 0 Å². The summed E-state index contributed by atoms with van der Waals surface area (Å²) in [5, 5.41) is 11.0. The van der Waals surface area contributed by atoms with Crippen LogP contribution in [0, 0.1) is 12.8 Å². The number of aliphatic hydroxyl groups is 1. The standard InChI is InChI=1S/C22H35NO6SSi/c1-16-8-10-19(11-9-16)30(26,27)23-18-12-13-22(25,20(24)28-5)17(14-18)15-29-31(6,7)21(2,3)4/h8-13,17-18,23,25H,14-15H2,1-7H3/t17-,18-,22-/m1/s1. The van der Waals surface area contributed by atoms with Crippen LogP contribution in [0.25, 0.3) is 0 Å². The summed E-state index contributed by atoms with van der Waals surface area (Å²) in [5.74, 6) is -1.45. The molecule has 0 aromatic heterocycles. The van der Waals surface area contributed by atoms with Crippen LogP contribution in [0.3, 0.4) is 0 Å². The van der Waals surface area contributed by atoms with Crippen LogP contribution in [0.2, 0.25) is 18.1 Å². The molecule has 31 heavy (non-hydrogen) atoms. The van der Waals surface area contributed by atoms with Crippen molar-refractivity contribution in [3.05, 3.63) is 42.0 Å². The summed E-state index contributed by atoms with van der Waals surface area (Å²) in [6, 6.07) is 5.97. The molecule has 1 aliphatic rings. The SMILES string of the molecule is COC(=O)[C@@]1(O)C=C[C@@H](NS(=O)(=O)c2ccc(C)cc2)C[C@@H]1CO[Si](C)(C)C(C)(C)C. The molecule has 0 heterocycles. The third-order valence-electron chi connectivity index (χ3n) is 6.35. The van der Waals surface area contributed by atoms with Crippen molar-refractivity contribution >= 4 is 24.3 Å². The lowest BCUT2D eigenvalue weighted by atomic mass is 9.78. The summed E-state index contributed by atoms with van der Waals surface area (Å²) in [7, 11) is -4.70. The number of benzene rings is 1. The second kappa shape index (κ2) is 9.15. The fraction of sp³-hybridized carbons (Fsp3) is 0.591. The molecule has 0 amide bonds. The first-order chi connectivity index (χ1) is 14.1. The highest BCUT2D eigenvalue weighted by Gasteiger charge is 2.48. The summed E-state index contributed by atoms with van der Waals surface area (Å²) in [6.45, 7) is 12.5. The van der Waals surface area contributed by atoms with Crippen LogP contribution in [0.1, 0.15) is 32.8 Å². The third kappa shape index (κ3) is 5.84. The zero-order valence-corrected chi connectivity index (χ0v) is 21.2. The Morgan fingerprint density at radius 3 is 2.35 bits per heavy atom. The van der Waals surface area contributed by atoms with Crippen molar-refractivity contribution in [1.82, 2.24) is 4.72 Å². The number of methoxy groups -OCH3 is 1. The van der Waals surface area contributed by atoms with Crippen molar-refractivity contribution in [1.29, 1.82) is 0 Å². The first-order valence-electron chi connectivity index (χ1n) is 10.4. The maximum absolute atomic E-state index is 12.8. The van der Waals surface area contributed by atoms with E-state index in [9.17, 15) is 18.3 Å². The summed E-state index contributed by atoms with van der Waals surface area (Å²) in [5.41, 5.74) is -0.911. The highest BCUT2D eigenvalue weighted by atomic mass is 32.2. The number of carbonyl (C=O) groups is 1. The zero-order chi connectivity index (χ0) is 23.7.